The van der Waals surface area contributed by atoms with Crippen molar-refractivity contribution in [2.75, 3.05) is 25.1 Å². The van der Waals surface area contributed by atoms with Crippen molar-refractivity contribution in [3.63, 3.8) is 0 Å². The molecule has 0 aliphatic carbocycles. The number of morpholine rings is 1. The van der Waals surface area contributed by atoms with E-state index in [-0.39, 0.29) is 6.10 Å². The fourth-order valence-electron chi connectivity index (χ4n) is 2.99. The van der Waals surface area contributed by atoms with Gasteiger partial charge in [-0.2, -0.15) is 0 Å². The Morgan fingerprint density at radius 1 is 1.29 bits per heavy atom. The summed E-state index contributed by atoms with van der Waals surface area (Å²) >= 11 is 0. The summed E-state index contributed by atoms with van der Waals surface area (Å²) in [5.74, 6) is 1.08. The average Bonchev–Trinajstić information content (AvgIpc) is 2.51. The molecule has 0 amide bonds. The minimum Gasteiger partial charge on any atom is -0.375 e. The molecule has 1 N–H and O–H groups in total. The first-order valence-corrected chi connectivity index (χ1v) is 7.60. The molecule has 1 fully saturated rings. The fourth-order valence-corrected chi connectivity index (χ4v) is 2.99. The Hall–Kier alpha value is -1.65. The number of hydrogen-bond acceptors (Lipinski definition) is 4. The molecule has 0 spiro atoms. The van der Waals surface area contributed by atoms with Crippen molar-refractivity contribution in [3.8, 4) is 0 Å². The highest BCUT2D eigenvalue weighted by Crippen LogP contribution is 2.30. The van der Waals surface area contributed by atoms with Gasteiger partial charge >= 0.3 is 0 Å². The van der Waals surface area contributed by atoms with E-state index in [0.717, 1.165) is 25.5 Å². The lowest BCUT2D eigenvalue weighted by atomic mass is 10.1. The zero-order valence-corrected chi connectivity index (χ0v) is 13.0. The Morgan fingerprint density at radius 3 is 2.81 bits per heavy atom. The van der Waals surface area contributed by atoms with Crippen LogP contribution in [0.4, 0.5) is 5.82 Å². The smallest absolute Gasteiger partial charge is 0.136 e. The summed E-state index contributed by atoms with van der Waals surface area (Å²) < 4.78 is 5.74. The first-order valence-electron chi connectivity index (χ1n) is 7.60. The number of nitrogens with zero attached hydrogens (tertiary/aromatic N) is 2. The molecule has 2 atom stereocenters. The van der Waals surface area contributed by atoms with Crippen LogP contribution in [0.2, 0.25) is 0 Å². The molecule has 2 heterocycles. The molecule has 1 aliphatic rings. The van der Waals surface area contributed by atoms with Crippen LogP contribution >= 0.6 is 0 Å². The number of pyridine rings is 1. The van der Waals surface area contributed by atoms with E-state index >= 15 is 0 Å². The summed E-state index contributed by atoms with van der Waals surface area (Å²) in [6.07, 6.45) is 2.25. The lowest BCUT2D eigenvalue weighted by molar-refractivity contribution is 0.0342. The SMILES string of the molecule is CNCc1cnc(N2CC(C)OCC2C)c2ccccc12. The molecule has 0 radical (unpaired) electrons. The Balaban J connectivity index is 2.08. The largest absolute Gasteiger partial charge is 0.375 e. The first kappa shape index (κ1) is 14.3. The van der Waals surface area contributed by atoms with Crippen molar-refractivity contribution in [2.24, 2.45) is 0 Å². The number of fused-ring (bicyclic) bond motifs is 1. The third-order valence-electron chi connectivity index (χ3n) is 4.10. The summed E-state index contributed by atoms with van der Waals surface area (Å²) in [6.45, 7) is 6.81. The summed E-state index contributed by atoms with van der Waals surface area (Å²) in [5, 5.41) is 5.73. The summed E-state index contributed by atoms with van der Waals surface area (Å²) in [6, 6.07) is 8.89. The van der Waals surface area contributed by atoms with Gasteiger partial charge in [-0.3, -0.25) is 0 Å². The number of nitrogens with one attached hydrogen (secondary N) is 1. The van der Waals surface area contributed by atoms with Gasteiger partial charge in [0.1, 0.15) is 5.82 Å². The van der Waals surface area contributed by atoms with Crippen LogP contribution in [0, 0.1) is 0 Å². The lowest BCUT2D eigenvalue weighted by Crippen LogP contribution is -2.47. The zero-order valence-electron chi connectivity index (χ0n) is 13.0. The number of ether oxygens (including phenoxy) is 1. The van der Waals surface area contributed by atoms with E-state index in [4.69, 9.17) is 9.72 Å². The predicted molar refractivity (Wildman–Crippen MR) is 86.7 cm³/mol. The third kappa shape index (κ3) is 2.74. The molecule has 0 bridgehead atoms. The molecule has 1 aromatic heterocycles. The van der Waals surface area contributed by atoms with Gasteiger partial charge in [-0.05, 0) is 31.8 Å². The average molecular weight is 285 g/mol. The molecule has 112 valence electrons. The van der Waals surface area contributed by atoms with Crippen LogP contribution < -0.4 is 10.2 Å². The van der Waals surface area contributed by atoms with E-state index in [1.165, 1.54) is 16.3 Å². The molecular weight excluding hydrogens is 262 g/mol. The summed E-state index contributed by atoms with van der Waals surface area (Å²) in [4.78, 5) is 7.14. The molecule has 1 aromatic carbocycles. The molecule has 2 unspecified atom stereocenters. The normalized spacial score (nSPS) is 22.7. The molecule has 1 aliphatic heterocycles. The van der Waals surface area contributed by atoms with Gasteiger partial charge in [0.15, 0.2) is 0 Å². The summed E-state index contributed by atoms with van der Waals surface area (Å²) in [5.41, 5.74) is 1.24. The number of rotatable bonds is 3. The standard InChI is InChI=1S/C17H23N3O/c1-12-11-21-13(2)10-20(12)17-16-7-5-4-6-15(16)14(8-18-3)9-19-17/h4-7,9,12-13,18H,8,10-11H2,1-3H3. The van der Waals surface area contributed by atoms with Crippen molar-refractivity contribution in [1.82, 2.24) is 10.3 Å². The van der Waals surface area contributed by atoms with E-state index in [1.807, 2.05) is 13.2 Å². The second kappa shape index (κ2) is 6.00. The van der Waals surface area contributed by atoms with Gasteiger partial charge in [0.05, 0.1) is 18.8 Å². The number of benzene rings is 1. The summed E-state index contributed by atoms with van der Waals surface area (Å²) in [7, 11) is 1.97. The van der Waals surface area contributed by atoms with Crippen molar-refractivity contribution < 1.29 is 4.74 Å². The highest BCUT2D eigenvalue weighted by molar-refractivity contribution is 5.94. The van der Waals surface area contributed by atoms with E-state index in [9.17, 15) is 0 Å². The Morgan fingerprint density at radius 2 is 2.05 bits per heavy atom. The van der Waals surface area contributed by atoms with E-state index in [2.05, 4.69) is 48.3 Å². The molecule has 4 heteroatoms. The highest BCUT2D eigenvalue weighted by atomic mass is 16.5. The maximum Gasteiger partial charge on any atom is 0.136 e. The highest BCUT2D eigenvalue weighted by Gasteiger charge is 2.26. The van der Waals surface area contributed by atoms with Crippen LogP contribution in [0.15, 0.2) is 30.5 Å². The van der Waals surface area contributed by atoms with Gasteiger partial charge in [-0.1, -0.05) is 24.3 Å². The first-order chi connectivity index (χ1) is 10.2. The van der Waals surface area contributed by atoms with Crippen molar-refractivity contribution in [1.29, 1.82) is 0 Å². The fraction of sp³-hybridized carbons (Fsp3) is 0.471. The van der Waals surface area contributed by atoms with E-state index < -0.39 is 0 Å². The van der Waals surface area contributed by atoms with Gasteiger partial charge in [0, 0.05) is 24.7 Å². The van der Waals surface area contributed by atoms with Crippen LogP contribution in [0.25, 0.3) is 10.8 Å². The molecule has 1 saturated heterocycles. The maximum atomic E-state index is 5.74. The molecule has 4 nitrogen and oxygen atoms in total. The Labute approximate surface area is 126 Å². The van der Waals surface area contributed by atoms with Gasteiger partial charge < -0.3 is 15.0 Å². The van der Waals surface area contributed by atoms with E-state index in [0.29, 0.717) is 6.04 Å². The number of hydrogen-bond donors (Lipinski definition) is 1. The van der Waals surface area contributed by atoms with E-state index in [1.54, 1.807) is 0 Å². The molecule has 2 aromatic rings. The molecule has 0 saturated carbocycles. The van der Waals surface area contributed by atoms with Crippen molar-refractivity contribution >= 4 is 16.6 Å². The van der Waals surface area contributed by atoms with Gasteiger partial charge in [0.25, 0.3) is 0 Å². The minimum absolute atomic E-state index is 0.249. The molecule has 3 rings (SSSR count). The zero-order chi connectivity index (χ0) is 14.8. The lowest BCUT2D eigenvalue weighted by Gasteiger charge is -2.38. The second-order valence-corrected chi connectivity index (χ2v) is 5.83. The molecular formula is C17H23N3O. The van der Waals surface area contributed by atoms with Gasteiger partial charge in [-0.15, -0.1) is 0 Å². The van der Waals surface area contributed by atoms with Crippen molar-refractivity contribution in [2.45, 2.75) is 32.5 Å². The van der Waals surface area contributed by atoms with Crippen LogP contribution in [0.1, 0.15) is 19.4 Å². The van der Waals surface area contributed by atoms with Crippen LogP contribution in [0.5, 0.6) is 0 Å². The topological polar surface area (TPSA) is 37.4 Å². The number of aromatic nitrogens is 1. The van der Waals surface area contributed by atoms with Crippen LogP contribution in [-0.2, 0) is 11.3 Å². The quantitative estimate of drug-likeness (QED) is 0.940. The Kier molecular flexibility index (Phi) is 4.08. The van der Waals surface area contributed by atoms with Crippen LogP contribution in [-0.4, -0.2) is 37.3 Å². The minimum atomic E-state index is 0.249. The monoisotopic (exact) mass is 285 g/mol. The Bertz CT molecular complexity index is 628. The van der Waals surface area contributed by atoms with Crippen molar-refractivity contribution in [3.05, 3.63) is 36.0 Å². The third-order valence-corrected chi connectivity index (χ3v) is 4.10. The van der Waals surface area contributed by atoms with Gasteiger partial charge in [-0.25, -0.2) is 4.98 Å². The maximum absolute atomic E-state index is 5.74. The molecule has 21 heavy (non-hydrogen) atoms. The number of anilines is 1. The van der Waals surface area contributed by atoms with Gasteiger partial charge in [0.2, 0.25) is 0 Å². The predicted octanol–water partition coefficient (Wildman–Crippen LogP) is 2.57. The van der Waals surface area contributed by atoms with Crippen LogP contribution in [0.3, 0.4) is 0 Å². The second-order valence-electron chi connectivity index (χ2n) is 5.83.